The lowest BCUT2D eigenvalue weighted by atomic mass is 10.1. The monoisotopic (exact) mass is 446 g/mol. The summed E-state index contributed by atoms with van der Waals surface area (Å²) in [7, 11) is 2.40. The molecule has 0 bridgehead atoms. The molecule has 11 heteroatoms. The molecule has 0 spiro atoms. The molecule has 0 amide bonds. The Morgan fingerprint density at radius 1 is 1.13 bits per heavy atom. The van der Waals surface area contributed by atoms with E-state index in [-0.39, 0.29) is 16.8 Å². The Bertz CT molecular complexity index is 1010. The Labute approximate surface area is 173 Å². The molecule has 1 aromatic carbocycles. The average molecular weight is 446 g/mol. The van der Waals surface area contributed by atoms with Gasteiger partial charge in [0.1, 0.15) is 22.5 Å². The second kappa shape index (κ2) is 8.78. The first-order valence-corrected chi connectivity index (χ1v) is 9.65. The van der Waals surface area contributed by atoms with Crippen LogP contribution < -0.4 is 10.6 Å². The second-order valence-electron chi connectivity index (χ2n) is 6.47. The van der Waals surface area contributed by atoms with Gasteiger partial charge in [-0.05, 0) is 31.7 Å². The number of anilines is 2. The van der Waals surface area contributed by atoms with Crippen LogP contribution in [0.3, 0.4) is 0 Å². The standard InChI is InChI=1S/C19H19F5N4OS/c1-9-27-14-13(15(29-3)17(20)21)12(8-26-18(14)30-9)28-11-6-4-10(5-7-11)16(25-2)19(22,23)24/h4-8,15-17,25,28H,1-3H3/t15-,16-/m0/s1. The minimum absolute atomic E-state index is 0.0295. The van der Waals surface area contributed by atoms with Crippen molar-refractivity contribution < 1.29 is 26.7 Å². The van der Waals surface area contributed by atoms with Gasteiger partial charge in [-0.3, -0.25) is 0 Å². The Morgan fingerprint density at radius 3 is 2.33 bits per heavy atom. The number of halogens is 5. The van der Waals surface area contributed by atoms with Gasteiger partial charge in [0.05, 0.1) is 16.9 Å². The number of rotatable bonds is 7. The van der Waals surface area contributed by atoms with Crippen molar-refractivity contribution in [2.75, 3.05) is 19.5 Å². The van der Waals surface area contributed by atoms with E-state index in [4.69, 9.17) is 4.74 Å². The molecule has 0 aliphatic rings. The van der Waals surface area contributed by atoms with Crippen LogP contribution in [0.5, 0.6) is 0 Å². The molecule has 2 N–H and O–H groups in total. The highest BCUT2D eigenvalue weighted by Crippen LogP contribution is 2.38. The molecule has 2 atom stereocenters. The number of nitrogens with zero attached hydrogens (tertiary/aromatic N) is 2. The average Bonchev–Trinajstić information content (AvgIpc) is 3.05. The van der Waals surface area contributed by atoms with Crippen molar-refractivity contribution in [2.45, 2.75) is 31.7 Å². The van der Waals surface area contributed by atoms with Gasteiger partial charge in [-0.15, -0.1) is 0 Å². The van der Waals surface area contributed by atoms with Gasteiger partial charge >= 0.3 is 6.18 Å². The summed E-state index contributed by atoms with van der Waals surface area (Å²) in [5.74, 6) is 0. The van der Waals surface area contributed by atoms with Gasteiger partial charge in [0.2, 0.25) is 0 Å². The number of alkyl halides is 5. The smallest absolute Gasteiger partial charge is 0.371 e. The van der Waals surface area contributed by atoms with Crippen LogP contribution in [0.25, 0.3) is 10.3 Å². The first kappa shape index (κ1) is 22.3. The molecule has 162 valence electrons. The molecule has 2 aromatic heterocycles. The Kier molecular flexibility index (Phi) is 6.53. The van der Waals surface area contributed by atoms with E-state index in [0.29, 0.717) is 21.0 Å². The Balaban J connectivity index is 1.99. The van der Waals surface area contributed by atoms with Crippen molar-refractivity contribution in [1.82, 2.24) is 15.3 Å². The lowest BCUT2D eigenvalue weighted by molar-refractivity contribution is -0.156. The summed E-state index contributed by atoms with van der Waals surface area (Å²) in [5.41, 5.74) is 1.14. The van der Waals surface area contributed by atoms with E-state index in [0.717, 1.165) is 0 Å². The van der Waals surface area contributed by atoms with E-state index < -0.39 is 24.7 Å². The molecule has 0 unspecified atom stereocenters. The van der Waals surface area contributed by atoms with Gasteiger partial charge in [-0.1, -0.05) is 23.5 Å². The maximum Gasteiger partial charge on any atom is 0.407 e. The molecule has 0 aliphatic carbocycles. The van der Waals surface area contributed by atoms with Crippen LogP contribution in [0.2, 0.25) is 0 Å². The predicted octanol–water partition coefficient (Wildman–Crippen LogP) is 5.52. The fourth-order valence-corrected chi connectivity index (χ4v) is 3.94. The lowest BCUT2D eigenvalue weighted by Crippen LogP contribution is -2.31. The summed E-state index contributed by atoms with van der Waals surface area (Å²) in [6.07, 6.45) is -7.41. The van der Waals surface area contributed by atoms with Crippen LogP contribution in [0.15, 0.2) is 30.5 Å². The second-order valence-corrected chi connectivity index (χ2v) is 7.65. The number of thiazole rings is 1. The molecule has 5 nitrogen and oxygen atoms in total. The van der Waals surface area contributed by atoms with Crippen LogP contribution in [-0.2, 0) is 4.74 Å². The molecular weight excluding hydrogens is 427 g/mol. The van der Waals surface area contributed by atoms with Crippen LogP contribution in [0.1, 0.15) is 28.3 Å². The topological polar surface area (TPSA) is 59.1 Å². The van der Waals surface area contributed by atoms with E-state index in [9.17, 15) is 22.0 Å². The number of methoxy groups -OCH3 is 1. The van der Waals surface area contributed by atoms with Gasteiger partial charge in [-0.2, -0.15) is 13.2 Å². The highest BCUT2D eigenvalue weighted by Gasteiger charge is 2.39. The van der Waals surface area contributed by atoms with Crippen LogP contribution in [0, 0.1) is 6.92 Å². The quantitative estimate of drug-likeness (QED) is 0.468. The normalized spacial score (nSPS) is 14.3. The van der Waals surface area contributed by atoms with Crippen molar-refractivity contribution in [3.63, 3.8) is 0 Å². The number of aryl methyl sites for hydroxylation is 1. The SMILES string of the molecule is CN[C@@H](c1ccc(Nc2cnc3sc(C)nc3c2[C@H](OC)C(F)F)cc1)C(F)(F)F. The zero-order valence-corrected chi connectivity index (χ0v) is 17.0. The highest BCUT2D eigenvalue weighted by molar-refractivity contribution is 7.18. The summed E-state index contributed by atoms with van der Waals surface area (Å²) in [6, 6.07) is 3.70. The number of nitrogens with one attached hydrogen (secondary N) is 2. The van der Waals surface area contributed by atoms with Crippen LogP contribution in [-0.4, -0.2) is 36.7 Å². The maximum absolute atomic E-state index is 13.6. The predicted molar refractivity (Wildman–Crippen MR) is 105 cm³/mol. The molecule has 3 aromatic rings. The fourth-order valence-electron chi connectivity index (χ4n) is 3.17. The van der Waals surface area contributed by atoms with Crippen molar-refractivity contribution in [3.05, 3.63) is 46.6 Å². The van der Waals surface area contributed by atoms with E-state index in [1.165, 1.54) is 56.0 Å². The molecule has 0 saturated heterocycles. The third kappa shape index (κ3) is 4.52. The van der Waals surface area contributed by atoms with E-state index in [1.807, 2.05) is 0 Å². The lowest BCUT2D eigenvalue weighted by Gasteiger charge is -2.21. The van der Waals surface area contributed by atoms with Crippen LogP contribution in [0.4, 0.5) is 33.3 Å². The van der Waals surface area contributed by atoms with Gasteiger partial charge in [0.25, 0.3) is 6.43 Å². The minimum Gasteiger partial charge on any atom is -0.371 e. The van der Waals surface area contributed by atoms with Crippen molar-refractivity contribution in [3.8, 4) is 0 Å². The number of aromatic nitrogens is 2. The fraction of sp³-hybridized carbons (Fsp3) is 0.368. The van der Waals surface area contributed by atoms with E-state index in [2.05, 4.69) is 20.6 Å². The van der Waals surface area contributed by atoms with E-state index >= 15 is 0 Å². The van der Waals surface area contributed by atoms with Crippen LogP contribution >= 0.6 is 11.3 Å². The number of ether oxygens (including phenoxy) is 1. The summed E-state index contributed by atoms with van der Waals surface area (Å²) < 4.78 is 71.5. The Morgan fingerprint density at radius 2 is 1.80 bits per heavy atom. The first-order chi connectivity index (χ1) is 14.2. The summed E-state index contributed by atoms with van der Waals surface area (Å²) in [5, 5.41) is 5.85. The third-order valence-corrected chi connectivity index (χ3v) is 5.36. The highest BCUT2D eigenvalue weighted by atomic mass is 32.1. The van der Waals surface area contributed by atoms with Crippen molar-refractivity contribution >= 4 is 33.1 Å². The molecule has 30 heavy (non-hydrogen) atoms. The number of pyridine rings is 1. The van der Waals surface area contributed by atoms with E-state index in [1.54, 1.807) is 6.92 Å². The van der Waals surface area contributed by atoms with Gasteiger partial charge in [0, 0.05) is 18.4 Å². The number of hydrogen-bond donors (Lipinski definition) is 2. The van der Waals surface area contributed by atoms with Crippen molar-refractivity contribution in [2.24, 2.45) is 0 Å². The largest absolute Gasteiger partial charge is 0.407 e. The maximum atomic E-state index is 13.6. The zero-order valence-electron chi connectivity index (χ0n) is 16.2. The summed E-state index contributed by atoms with van der Waals surface area (Å²) in [4.78, 5) is 9.07. The Hall–Kier alpha value is -2.37. The molecule has 3 rings (SSSR count). The zero-order chi connectivity index (χ0) is 22.1. The number of benzene rings is 1. The van der Waals surface area contributed by atoms with Gasteiger partial charge < -0.3 is 15.4 Å². The van der Waals surface area contributed by atoms with Crippen molar-refractivity contribution in [1.29, 1.82) is 0 Å². The summed E-state index contributed by atoms with van der Waals surface area (Å²) >= 11 is 1.27. The van der Waals surface area contributed by atoms with Gasteiger partial charge in [0.15, 0.2) is 0 Å². The molecule has 0 aliphatic heterocycles. The van der Waals surface area contributed by atoms with Gasteiger partial charge in [-0.25, -0.2) is 18.7 Å². The minimum atomic E-state index is -4.45. The number of hydrogen-bond acceptors (Lipinski definition) is 6. The summed E-state index contributed by atoms with van der Waals surface area (Å²) in [6.45, 7) is 1.74. The third-order valence-electron chi connectivity index (χ3n) is 4.48. The first-order valence-electron chi connectivity index (χ1n) is 8.83. The molecule has 0 saturated carbocycles. The molecular formula is C19H19F5N4OS. The molecule has 0 fully saturated rings. The number of fused-ring (bicyclic) bond motifs is 1. The molecule has 2 heterocycles. The molecule has 0 radical (unpaired) electrons.